The highest BCUT2D eigenvalue weighted by Gasteiger charge is 2.24. The lowest BCUT2D eigenvalue weighted by Gasteiger charge is -2.26. The van der Waals surface area contributed by atoms with Crippen molar-refractivity contribution in [3.05, 3.63) is 29.8 Å². The van der Waals surface area contributed by atoms with Crippen molar-refractivity contribution >= 4 is 15.9 Å². The molecule has 1 fully saturated rings. The Kier molecular flexibility index (Phi) is 6.41. The van der Waals surface area contributed by atoms with Crippen LogP contribution < -0.4 is 10.1 Å². The zero-order chi connectivity index (χ0) is 16.7. The largest absolute Gasteiger partial charge is 0.484 e. The molecular weight excluding hydrogens is 316 g/mol. The highest BCUT2D eigenvalue weighted by atomic mass is 32.2. The monoisotopic (exact) mass is 340 g/mol. The Morgan fingerprint density at radius 1 is 1.26 bits per heavy atom. The molecule has 0 spiro atoms. The maximum Gasteiger partial charge on any atom is 0.257 e. The molecular formula is C16H24N2O4S. The number of carbonyl (C=O) groups excluding carboxylic acids is 1. The molecule has 1 aromatic carbocycles. The second kappa shape index (κ2) is 8.31. The van der Waals surface area contributed by atoms with Crippen LogP contribution in [0.25, 0.3) is 0 Å². The van der Waals surface area contributed by atoms with Gasteiger partial charge in [-0.15, -0.1) is 0 Å². The molecule has 0 aliphatic carbocycles. The summed E-state index contributed by atoms with van der Waals surface area (Å²) in [5.41, 5.74) is 1.13. The SMILES string of the molecule is Cc1ccc(OCC(=O)NCCCN2CCCCS2(=O)=O)cc1. The van der Waals surface area contributed by atoms with Crippen molar-refractivity contribution in [2.75, 3.05) is 32.0 Å². The minimum atomic E-state index is -3.08. The predicted octanol–water partition coefficient (Wildman–Crippen LogP) is 1.31. The van der Waals surface area contributed by atoms with Crippen LogP contribution in [0.3, 0.4) is 0 Å². The van der Waals surface area contributed by atoms with E-state index in [1.807, 2.05) is 31.2 Å². The Hall–Kier alpha value is -1.60. The van der Waals surface area contributed by atoms with Gasteiger partial charge < -0.3 is 10.1 Å². The lowest BCUT2D eigenvalue weighted by atomic mass is 10.2. The normalized spacial score (nSPS) is 17.6. The van der Waals surface area contributed by atoms with Gasteiger partial charge >= 0.3 is 0 Å². The second-order valence-corrected chi connectivity index (χ2v) is 7.82. The minimum Gasteiger partial charge on any atom is -0.484 e. The average molecular weight is 340 g/mol. The van der Waals surface area contributed by atoms with E-state index < -0.39 is 10.0 Å². The molecule has 1 saturated heterocycles. The van der Waals surface area contributed by atoms with E-state index in [1.165, 1.54) is 4.31 Å². The van der Waals surface area contributed by atoms with Crippen molar-refractivity contribution < 1.29 is 17.9 Å². The van der Waals surface area contributed by atoms with Gasteiger partial charge in [-0.25, -0.2) is 12.7 Å². The number of sulfonamides is 1. The third-order valence-corrected chi connectivity index (χ3v) is 5.71. The van der Waals surface area contributed by atoms with Crippen molar-refractivity contribution in [2.24, 2.45) is 0 Å². The fraction of sp³-hybridized carbons (Fsp3) is 0.562. The first kappa shape index (κ1) is 17.7. The quantitative estimate of drug-likeness (QED) is 0.759. The van der Waals surface area contributed by atoms with E-state index >= 15 is 0 Å². The summed E-state index contributed by atoms with van der Waals surface area (Å²) in [6.07, 6.45) is 2.26. The van der Waals surface area contributed by atoms with Crippen molar-refractivity contribution in [1.82, 2.24) is 9.62 Å². The standard InChI is InChI=1S/C16H24N2O4S/c1-14-5-7-15(8-6-14)22-13-16(19)17-9-4-11-18-10-2-3-12-23(18,20)21/h5-8H,2-4,9-13H2,1H3,(H,17,19). The molecule has 0 radical (unpaired) electrons. The number of aryl methyl sites for hydroxylation is 1. The van der Waals surface area contributed by atoms with E-state index in [4.69, 9.17) is 4.74 Å². The van der Waals surface area contributed by atoms with Crippen LogP contribution in [0.15, 0.2) is 24.3 Å². The molecule has 6 nitrogen and oxygen atoms in total. The number of amides is 1. The smallest absolute Gasteiger partial charge is 0.257 e. The van der Waals surface area contributed by atoms with Crippen LogP contribution in [0, 0.1) is 6.92 Å². The van der Waals surface area contributed by atoms with Gasteiger partial charge in [0, 0.05) is 19.6 Å². The first-order valence-corrected chi connectivity index (χ1v) is 9.52. The molecule has 23 heavy (non-hydrogen) atoms. The Morgan fingerprint density at radius 2 is 2.00 bits per heavy atom. The molecule has 0 atom stereocenters. The Morgan fingerprint density at radius 3 is 2.70 bits per heavy atom. The van der Waals surface area contributed by atoms with Crippen LogP contribution in [0.4, 0.5) is 0 Å². The third-order valence-electron chi connectivity index (χ3n) is 3.75. The summed E-state index contributed by atoms with van der Waals surface area (Å²) in [7, 11) is -3.08. The maximum absolute atomic E-state index is 11.8. The summed E-state index contributed by atoms with van der Waals surface area (Å²) in [6.45, 7) is 3.44. The molecule has 2 rings (SSSR count). The number of hydrogen-bond acceptors (Lipinski definition) is 4. The molecule has 1 aliphatic heterocycles. The number of hydrogen-bond donors (Lipinski definition) is 1. The van der Waals surface area contributed by atoms with Crippen molar-refractivity contribution in [1.29, 1.82) is 0 Å². The van der Waals surface area contributed by atoms with Crippen molar-refractivity contribution in [3.63, 3.8) is 0 Å². The zero-order valence-corrected chi connectivity index (χ0v) is 14.3. The lowest BCUT2D eigenvalue weighted by Crippen LogP contribution is -2.39. The number of ether oxygens (including phenoxy) is 1. The van der Waals surface area contributed by atoms with E-state index in [0.717, 1.165) is 18.4 Å². The van der Waals surface area contributed by atoms with Crippen LogP contribution in [0.2, 0.25) is 0 Å². The van der Waals surface area contributed by atoms with E-state index in [0.29, 0.717) is 31.8 Å². The molecule has 128 valence electrons. The maximum atomic E-state index is 11.8. The van der Waals surface area contributed by atoms with E-state index in [2.05, 4.69) is 5.32 Å². The molecule has 1 aromatic rings. The molecule has 0 bridgehead atoms. The van der Waals surface area contributed by atoms with Gasteiger partial charge in [0.25, 0.3) is 5.91 Å². The van der Waals surface area contributed by atoms with Crippen LogP contribution in [-0.2, 0) is 14.8 Å². The minimum absolute atomic E-state index is 0.0366. The first-order chi connectivity index (χ1) is 11.0. The molecule has 1 heterocycles. The van der Waals surface area contributed by atoms with Gasteiger partial charge in [0.2, 0.25) is 10.0 Å². The van der Waals surface area contributed by atoms with Gasteiger partial charge in [-0.2, -0.15) is 0 Å². The summed E-state index contributed by atoms with van der Waals surface area (Å²) in [6, 6.07) is 7.49. The molecule has 7 heteroatoms. The van der Waals surface area contributed by atoms with Crippen LogP contribution in [0.5, 0.6) is 5.75 Å². The number of benzene rings is 1. The molecule has 1 aliphatic rings. The number of rotatable bonds is 7. The van der Waals surface area contributed by atoms with E-state index in [-0.39, 0.29) is 18.3 Å². The summed E-state index contributed by atoms with van der Waals surface area (Å²) in [5, 5.41) is 2.75. The van der Waals surface area contributed by atoms with Gasteiger partial charge in [0.05, 0.1) is 5.75 Å². The van der Waals surface area contributed by atoms with Crippen LogP contribution in [0.1, 0.15) is 24.8 Å². The number of nitrogens with zero attached hydrogens (tertiary/aromatic N) is 1. The number of nitrogens with one attached hydrogen (secondary N) is 1. The summed E-state index contributed by atoms with van der Waals surface area (Å²) in [4.78, 5) is 11.7. The second-order valence-electron chi connectivity index (χ2n) is 5.73. The average Bonchev–Trinajstić information content (AvgIpc) is 2.52. The molecule has 0 saturated carbocycles. The Bertz CT molecular complexity index is 613. The van der Waals surface area contributed by atoms with Gasteiger partial charge in [0.1, 0.15) is 5.75 Å². The fourth-order valence-electron chi connectivity index (χ4n) is 2.41. The van der Waals surface area contributed by atoms with Crippen LogP contribution >= 0.6 is 0 Å². The molecule has 0 unspecified atom stereocenters. The van der Waals surface area contributed by atoms with Gasteiger partial charge in [-0.3, -0.25) is 4.79 Å². The highest BCUT2D eigenvalue weighted by Crippen LogP contribution is 2.13. The predicted molar refractivity (Wildman–Crippen MR) is 88.9 cm³/mol. The summed E-state index contributed by atoms with van der Waals surface area (Å²) in [5.74, 6) is 0.696. The van der Waals surface area contributed by atoms with Gasteiger partial charge in [-0.1, -0.05) is 17.7 Å². The Labute approximate surface area is 137 Å². The summed E-state index contributed by atoms with van der Waals surface area (Å²) < 4.78 is 30.5. The Balaban J connectivity index is 1.62. The highest BCUT2D eigenvalue weighted by molar-refractivity contribution is 7.89. The third kappa shape index (κ3) is 5.84. The van der Waals surface area contributed by atoms with Gasteiger partial charge in [0.15, 0.2) is 6.61 Å². The van der Waals surface area contributed by atoms with Gasteiger partial charge in [-0.05, 0) is 38.3 Å². The zero-order valence-electron chi connectivity index (χ0n) is 13.5. The van der Waals surface area contributed by atoms with E-state index in [9.17, 15) is 13.2 Å². The van der Waals surface area contributed by atoms with Crippen molar-refractivity contribution in [2.45, 2.75) is 26.2 Å². The fourth-order valence-corrected chi connectivity index (χ4v) is 4.05. The topological polar surface area (TPSA) is 75.7 Å². The van der Waals surface area contributed by atoms with Crippen LogP contribution in [-0.4, -0.2) is 50.6 Å². The lowest BCUT2D eigenvalue weighted by molar-refractivity contribution is -0.123. The number of carbonyl (C=O) groups is 1. The molecule has 0 aromatic heterocycles. The molecule has 1 amide bonds. The summed E-state index contributed by atoms with van der Waals surface area (Å²) >= 11 is 0. The van der Waals surface area contributed by atoms with Crippen molar-refractivity contribution in [3.8, 4) is 5.75 Å². The van der Waals surface area contributed by atoms with E-state index in [1.54, 1.807) is 0 Å². The first-order valence-electron chi connectivity index (χ1n) is 7.91. The molecule has 1 N–H and O–H groups in total.